The highest BCUT2D eigenvalue weighted by Crippen LogP contribution is 2.22. The topological polar surface area (TPSA) is 105 Å². The molecule has 0 spiro atoms. The van der Waals surface area contributed by atoms with Crippen molar-refractivity contribution in [1.29, 1.82) is 0 Å². The van der Waals surface area contributed by atoms with E-state index in [0.29, 0.717) is 32.0 Å². The molecule has 0 aliphatic carbocycles. The Kier molecular flexibility index (Phi) is 7.24. The first-order valence-corrected chi connectivity index (χ1v) is 12.3. The van der Waals surface area contributed by atoms with E-state index in [1.165, 1.54) is 6.07 Å². The minimum absolute atomic E-state index is 0.100. The molecule has 9 nitrogen and oxygen atoms in total. The second-order valence-corrected chi connectivity index (χ2v) is 10.8. The van der Waals surface area contributed by atoms with Gasteiger partial charge in [0.15, 0.2) is 17.5 Å². The van der Waals surface area contributed by atoms with Gasteiger partial charge in [0, 0.05) is 45.0 Å². The Morgan fingerprint density at radius 1 is 1.06 bits per heavy atom. The minimum atomic E-state index is -3.78. The van der Waals surface area contributed by atoms with Crippen molar-refractivity contribution in [2.45, 2.75) is 38.1 Å². The van der Waals surface area contributed by atoms with Gasteiger partial charge in [0.05, 0.1) is 0 Å². The van der Waals surface area contributed by atoms with Gasteiger partial charge in [-0.2, -0.15) is 0 Å². The van der Waals surface area contributed by atoms with Gasteiger partial charge in [-0.25, -0.2) is 36.4 Å². The van der Waals surface area contributed by atoms with Gasteiger partial charge < -0.3 is 19.9 Å². The highest BCUT2D eigenvalue weighted by atomic mass is 32.2. The maximum atomic E-state index is 13.5. The van der Waals surface area contributed by atoms with E-state index in [9.17, 15) is 26.4 Å². The molecule has 13 heteroatoms. The lowest BCUT2D eigenvalue weighted by Crippen LogP contribution is -2.50. The number of ether oxygens (including phenoxy) is 1. The molecule has 1 amide bonds. The highest BCUT2D eigenvalue weighted by Gasteiger charge is 2.27. The third-order valence-corrected chi connectivity index (χ3v) is 5.64. The molecule has 34 heavy (non-hydrogen) atoms. The number of halogens is 3. The third-order valence-electron chi connectivity index (χ3n) is 4.80. The molecular weight excluding hydrogens is 475 g/mol. The molecule has 2 heterocycles. The van der Waals surface area contributed by atoms with E-state index in [4.69, 9.17) is 4.74 Å². The Hall–Kier alpha value is -3.09. The lowest BCUT2D eigenvalue weighted by Gasteiger charge is -2.36. The highest BCUT2D eigenvalue weighted by molar-refractivity contribution is 7.90. The normalized spacial score (nSPS) is 14.8. The van der Waals surface area contributed by atoms with Crippen LogP contribution in [0.4, 0.5) is 29.6 Å². The van der Waals surface area contributed by atoms with Gasteiger partial charge in [0.1, 0.15) is 17.2 Å². The number of anilines is 2. The van der Waals surface area contributed by atoms with Crippen molar-refractivity contribution in [1.82, 2.24) is 14.9 Å². The molecule has 1 aliphatic rings. The van der Waals surface area contributed by atoms with Crippen LogP contribution in [0.5, 0.6) is 0 Å². The number of aromatic nitrogens is 2. The summed E-state index contributed by atoms with van der Waals surface area (Å²) in [6.45, 7) is 6.60. The number of benzene rings is 1. The summed E-state index contributed by atoms with van der Waals surface area (Å²) in [6, 6.07) is 3.16. The summed E-state index contributed by atoms with van der Waals surface area (Å²) in [4.78, 5) is 23.7. The van der Waals surface area contributed by atoms with Crippen molar-refractivity contribution in [3.8, 4) is 0 Å². The summed E-state index contributed by atoms with van der Waals surface area (Å²) < 4.78 is 69.7. The summed E-state index contributed by atoms with van der Waals surface area (Å²) in [5.74, 6) is -3.83. The number of carbonyl (C=O) groups is 1. The van der Waals surface area contributed by atoms with Crippen LogP contribution in [0.2, 0.25) is 0 Å². The standard InChI is InChI=1S/C21H26F3N5O4S/c1-21(2,3)33-20(30)29-7-5-28(6-8-29)17-11-16(26-19(27-17)34(4,31)32)25-12-13-9-14(22)18(24)15(23)10-13/h9-11H,5-8,12H2,1-4H3,(H,25,26,27). The van der Waals surface area contributed by atoms with Crippen LogP contribution in [-0.2, 0) is 21.1 Å². The fourth-order valence-electron chi connectivity index (χ4n) is 3.18. The maximum Gasteiger partial charge on any atom is 0.410 e. The van der Waals surface area contributed by atoms with Crippen molar-refractivity contribution in [2.24, 2.45) is 0 Å². The number of piperazine rings is 1. The van der Waals surface area contributed by atoms with E-state index in [-0.39, 0.29) is 17.9 Å². The lowest BCUT2D eigenvalue weighted by atomic mass is 10.2. The number of rotatable bonds is 5. The predicted molar refractivity (Wildman–Crippen MR) is 119 cm³/mol. The van der Waals surface area contributed by atoms with E-state index >= 15 is 0 Å². The van der Waals surface area contributed by atoms with E-state index in [1.807, 2.05) is 0 Å². The van der Waals surface area contributed by atoms with Crippen LogP contribution >= 0.6 is 0 Å². The fraction of sp³-hybridized carbons (Fsp3) is 0.476. The van der Waals surface area contributed by atoms with Crippen LogP contribution < -0.4 is 10.2 Å². The van der Waals surface area contributed by atoms with Crippen LogP contribution in [-0.4, -0.2) is 67.4 Å². The van der Waals surface area contributed by atoms with Gasteiger partial charge in [-0.3, -0.25) is 0 Å². The van der Waals surface area contributed by atoms with Crippen LogP contribution in [0.1, 0.15) is 26.3 Å². The van der Waals surface area contributed by atoms with E-state index in [0.717, 1.165) is 18.4 Å². The first-order valence-electron chi connectivity index (χ1n) is 10.4. The molecule has 1 aliphatic heterocycles. The SMILES string of the molecule is CC(C)(C)OC(=O)N1CCN(c2cc(NCc3cc(F)c(F)c(F)c3)nc(S(C)(=O)=O)n2)CC1. The van der Waals surface area contributed by atoms with Crippen molar-refractivity contribution in [2.75, 3.05) is 42.7 Å². The third kappa shape index (κ3) is 6.49. The first-order chi connectivity index (χ1) is 15.7. The average molecular weight is 502 g/mol. The first kappa shape index (κ1) is 25.5. The molecule has 1 fully saturated rings. The summed E-state index contributed by atoms with van der Waals surface area (Å²) >= 11 is 0. The zero-order valence-corrected chi connectivity index (χ0v) is 20.0. The van der Waals surface area contributed by atoms with Crippen LogP contribution in [0, 0.1) is 17.5 Å². The van der Waals surface area contributed by atoms with Gasteiger partial charge in [-0.05, 0) is 38.5 Å². The number of hydrogen-bond acceptors (Lipinski definition) is 8. The molecule has 1 aromatic carbocycles. The molecule has 1 aromatic heterocycles. The van der Waals surface area contributed by atoms with Crippen molar-refractivity contribution < 1.29 is 31.1 Å². The van der Waals surface area contributed by atoms with E-state index in [1.54, 1.807) is 30.6 Å². The molecule has 0 atom stereocenters. The Bertz CT molecular complexity index is 1160. The second kappa shape index (κ2) is 9.65. The molecule has 186 valence electrons. The number of sulfone groups is 1. The summed E-state index contributed by atoms with van der Waals surface area (Å²) in [7, 11) is -3.78. The Labute approximate surface area is 195 Å². The molecule has 3 rings (SSSR count). The molecule has 2 aromatic rings. The minimum Gasteiger partial charge on any atom is -0.444 e. The number of carbonyl (C=O) groups excluding carboxylic acids is 1. The van der Waals surface area contributed by atoms with Crippen LogP contribution in [0.25, 0.3) is 0 Å². The number of hydrogen-bond donors (Lipinski definition) is 1. The van der Waals surface area contributed by atoms with Crippen molar-refractivity contribution in [3.05, 3.63) is 41.2 Å². The van der Waals surface area contributed by atoms with Crippen LogP contribution in [0.15, 0.2) is 23.4 Å². The van der Waals surface area contributed by atoms with E-state index < -0.39 is 44.1 Å². The molecule has 0 radical (unpaired) electrons. The molecular formula is C21H26F3N5O4S. The Morgan fingerprint density at radius 2 is 1.65 bits per heavy atom. The number of nitrogens with zero attached hydrogens (tertiary/aromatic N) is 4. The Balaban J connectivity index is 1.77. The lowest BCUT2D eigenvalue weighted by molar-refractivity contribution is 0.0240. The predicted octanol–water partition coefficient (Wildman–Crippen LogP) is 2.97. The zero-order valence-electron chi connectivity index (χ0n) is 19.2. The van der Waals surface area contributed by atoms with Gasteiger partial charge in [-0.1, -0.05) is 0 Å². The number of amides is 1. The van der Waals surface area contributed by atoms with E-state index in [2.05, 4.69) is 15.3 Å². The molecule has 0 saturated carbocycles. The number of nitrogens with one attached hydrogen (secondary N) is 1. The zero-order chi connectivity index (χ0) is 25.3. The molecule has 0 unspecified atom stereocenters. The fourth-order valence-corrected chi connectivity index (χ4v) is 3.70. The summed E-state index contributed by atoms with van der Waals surface area (Å²) in [5, 5.41) is 2.37. The van der Waals surface area contributed by atoms with Gasteiger partial charge in [-0.15, -0.1) is 0 Å². The average Bonchev–Trinajstić information content (AvgIpc) is 2.74. The molecule has 1 N–H and O–H groups in total. The van der Waals surface area contributed by atoms with Gasteiger partial charge in [0.25, 0.3) is 5.16 Å². The summed E-state index contributed by atoms with van der Waals surface area (Å²) in [6.07, 6.45) is 0.522. The van der Waals surface area contributed by atoms with Crippen LogP contribution in [0.3, 0.4) is 0 Å². The Morgan fingerprint density at radius 3 is 2.18 bits per heavy atom. The second-order valence-electron chi connectivity index (χ2n) is 8.85. The van der Waals surface area contributed by atoms with Crippen molar-refractivity contribution in [3.63, 3.8) is 0 Å². The smallest absolute Gasteiger partial charge is 0.410 e. The summed E-state index contributed by atoms with van der Waals surface area (Å²) in [5.41, 5.74) is -0.522. The molecule has 1 saturated heterocycles. The van der Waals surface area contributed by atoms with Gasteiger partial charge >= 0.3 is 6.09 Å². The quantitative estimate of drug-likeness (QED) is 0.493. The maximum absolute atomic E-state index is 13.5. The largest absolute Gasteiger partial charge is 0.444 e. The monoisotopic (exact) mass is 501 g/mol. The van der Waals surface area contributed by atoms with Gasteiger partial charge in [0.2, 0.25) is 9.84 Å². The molecule has 0 bridgehead atoms. The van der Waals surface area contributed by atoms with Crippen molar-refractivity contribution >= 4 is 27.6 Å².